The normalized spacial score (nSPS) is 19.3. The summed E-state index contributed by atoms with van der Waals surface area (Å²) in [6.45, 7) is 5.29. The molecule has 0 aromatic heterocycles. The van der Waals surface area contributed by atoms with Gasteiger partial charge in [-0.3, -0.25) is 10.1 Å². The molecule has 6 heteroatoms. The molecule has 0 radical (unpaired) electrons. The van der Waals surface area contributed by atoms with E-state index in [1.165, 1.54) is 0 Å². The number of halogens is 1. The SMILES string of the molecule is CC1(C)CN(C(=O)NC(=O)CCCl)CCO1. The molecule has 92 valence electrons. The predicted octanol–water partition coefficient (Wildman–Crippen LogP) is 0.962. The molecule has 1 fully saturated rings. The maximum atomic E-state index is 11.7. The van der Waals surface area contributed by atoms with Crippen molar-refractivity contribution in [2.45, 2.75) is 25.9 Å². The molecular formula is C10H17ClN2O3. The molecule has 0 aliphatic carbocycles. The van der Waals surface area contributed by atoms with Gasteiger partial charge in [-0.05, 0) is 13.8 Å². The van der Waals surface area contributed by atoms with Gasteiger partial charge >= 0.3 is 6.03 Å². The first kappa shape index (κ1) is 13.3. The van der Waals surface area contributed by atoms with E-state index < -0.39 is 0 Å². The first-order valence-corrected chi connectivity index (χ1v) is 5.77. The Bertz CT molecular complexity index is 281. The molecule has 1 aliphatic rings. The van der Waals surface area contributed by atoms with Gasteiger partial charge < -0.3 is 9.64 Å². The fourth-order valence-corrected chi connectivity index (χ4v) is 1.71. The fourth-order valence-electron chi connectivity index (χ4n) is 1.54. The minimum Gasteiger partial charge on any atom is -0.372 e. The van der Waals surface area contributed by atoms with E-state index in [0.29, 0.717) is 19.7 Å². The van der Waals surface area contributed by atoms with Crippen LogP contribution in [0.15, 0.2) is 0 Å². The second kappa shape index (κ2) is 5.50. The van der Waals surface area contributed by atoms with Crippen LogP contribution in [0.3, 0.4) is 0 Å². The molecule has 0 aromatic rings. The van der Waals surface area contributed by atoms with Gasteiger partial charge in [0.2, 0.25) is 5.91 Å². The first-order valence-electron chi connectivity index (χ1n) is 5.23. The molecule has 1 N–H and O–H groups in total. The smallest absolute Gasteiger partial charge is 0.324 e. The minimum atomic E-state index is -0.369. The van der Waals surface area contributed by atoms with Gasteiger partial charge in [-0.15, -0.1) is 11.6 Å². The van der Waals surface area contributed by atoms with Crippen LogP contribution in [0.1, 0.15) is 20.3 Å². The summed E-state index contributed by atoms with van der Waals surface area (Å²) in [6, 6.07) is -0.369. The number of amides is 3. The van der Waals surface area contributed by atoms with Crippen molar-refractivity contribution in [2.24, 2.45) is 0 Å². The third kappa shape index (κ3) is 3.98. The Morgan fingerprint density at radius 3 is 2.75 bits per heavy atom. The average Bonchev–Trinajstić information content (AvgIpc) is 2.16. The van der Waals surface area contributed by atoms with Crippen molar-refractivity contribution in [2.75, 3.05) is 25.6 Å². The van der Waals surface area contributed by atoms with Gasteiger partial charge in [-0.25, -0.2) is 4.79 Å². The number of alkyl halides is 1. The summed E-state index contributed by atoms with van der Waals surface area (Å²) in [5.41, 5.74) is -0.356. The van der Waals surface area contributed by atoms with Crippen molar-refractivity contribution in [3.8, 4) is 0 Å². The molecule has 0 aromatic carbocycles. The van der Waals surface area contributed by atoms with Crippen molar-refractivity contribution in [3.05, 3.63) is 0 Å². The van der Waals surface area contributed by atoms with Gasteiger partial charge in [0, 0.05) is 18.8 Å². The minimum absolute atomic E-state index is 0.154. The van der Waals surface area contributed by atoms with Crippen LogP contribution in [-0.4, -0.2) is 48.0 Å². The molecule has 1 heterocycles. The number of urea groups is 1. The van der Waals surface area contributed by atoms with E-state index in [2.05, 4.69) is 5.32 Å². The Morgan fingerprint density at radius 2 is 2.19 bits per heavy atom. The molecule has 0 unspecified atom stereocenters. The van der Waals surface area contributed by atoms with Crippen LogP contribution in [0.4, 0.5) is 4.79 Å². The van der Waals surface area contributed by atoms with Gasteiger partial charge in [-0.2, -0.15) is 0 Å². The second-order valence-electron chi connectivity index (χ2n) is 4.32. The summed E-state index contributed by atoms with van der Waals surface area (Å²) < 4.78 is 5.47. The Morgan fingerprint density at radius 1 is 1.50 bits per heavy atom. The summed E-state index contributed by atoms with van der Waals surface area (Å²) in [7, 11) is 0. The van der Waals surface area contributed by atoms with Crippen LogP contribution in [0.25, 0.3) is 0 Å². The van der Waals surface area contributed by atoms with E-state index in [1.54, 1.807) is 4.90 Å². The van der Waals surface area contributed by atoms with Gasteiger partial charge in [0.05, 0.1) is 18.8 Å². The summed E-state index contributed by atoms with van der Waals surface area (Å²) in [5.74, 6) is -0.127. The molecule has 16 heavy (non-hydrogen) atoms. The maximum absolute atomic E-state index is 11.7. The topological polar surface area (TPSA) is 58.6 Å². The third-order valence-electron chi connectivity index (χ3n) is 2.28. The highest BCUT2D eigenvalue weighted by molar-refractivity contribution is 6.19. The molecule has 5 nitrogen and oxygen atoms in total. The van der Waals surface area contributed by atoms with Gasteiger partial charge in [0.25, 0.3) is 0 Å². The van der Waals surface area contributed by atoms with Gasteiger partial charge in [-0.1, -0.05) is 0 Å². The lowest BCUT2D eigenvalue weighted by Crippen LogP contribution is -2.54. The van der Waals surface area contributed by atoms with Crippen molar-refractivity contribution in [1.29, 1.82) is 0 Å². The number of imide groups is 1. The lowest BCUT2D eigenvalue weighted by Gasteiger charge is -2.37. The molecule has 1 rings (SSSR count). The molecule has 1 aliphatic heterocycles. The van der Waals surface area contributed by atoms with E-state index in [-0.39, 0.29) is 29.8 Å². The number of hydrogen-bond acceptors (Lipinski definition) is 3. The summed E-state index contributed by atoms with van der Waals surface area (Å²) in [6.07, 6.45) is 0.154. The maximum Gasteiger partial charge on any atom is 0.324 e. The standard InChI is InChI=1S/C10H17ClN2O3/c1-10(2)7-13(5-6-16-10)9(15)12-8(14)3-4-11/h3-7H2,1-2H3,(H,12,14,15). The van der Waals surface area contributed by atoms with Crippen molar-refractivity contribution in [1.82, 2.24) is 10.2 Å². The molecule has 0 bridgehead atoms. The highest BCUT2D eigenvalue weighted by Crippen LogP contribution is 2.16. The summed E-state index contributed by atoms with van der Waals surface area (Å²) in [4.78, 5) is 24.4. The number of ether oxygens (including phenoxy) is 1. The Hall–Kier alpha value is -0.810. The lowest BCUT2D eigenvalue weighted by atomic mass is 10.1. The lowest BCUT2D eigenvalue weighted by molar-refractivity contribution is -0.120. The Labute approximate surface area is 100 Å². The Balaban J connectivity index is 2.45. The third-order valence-corrected chi connectivity index (χ3v) is 2.47. The van der Waals surface area contributed by atoms with Crippen LogP contribution in [-0.2, 0) is 9.53 Å². The zero-order valence-electron chi connectivity index (χ0n) is 9.59. The van der Waals surface area contributed by atoms with Crippen molar-refractivity contribution in [3.63, 3.8) is 0 Å². The zero-order chi connectivity index (χ0) is 12.2. The van der Waals surface area contributed by atoms with Crippen molar-refractivity contribution < 1.29 is 14.3 Å². The Kier molecular flexibility index (Phi) is 4.56. The average molecular weight is 249 g/mol. The molecular weight excluding hydrogens is 232 g/mol. The number of rotatable bonds is 2. The first-order chi connectivity index (χ1) is 7.44. The van der Waals surface area contributed by atoms with E-state index in [4.69, 9.17) is 16.3 Å². The van der Waals surface area contributed by atoms with E-state index in [9.17, 15) is 9.59 Å². The van der Waals surface area contributed by atoms with E-state index in [1.807, 2.05) is 13.8 Å². The number of carbonyl (C=O) groups is 2. The number of nitrogens with one attached hydrogen (secondary N) is 1. The van der Waals surface area contributed by atoms with Gasteiger partial charge in [0.15, 0.2) is 0 Å². The molecule has 0 atom stereocenters. The molecule has 1 saturated heterocycles. The molecule has 0 saturated carbocycles. The second-order valence-corrected chi connectivity index (χ2v) is 4.70. The largest absolute Gasteiger partial charge is 0.372 e. The summed E-state index contributed by atoms with van der Waals surface area (Å²) >= 11 is 5.41. The van der Waals surface area contributed by atoms with E-state index >= 15 is 0 Å². The molecule has 0 spiro atoms. The predicted molar refractivity (Wildman–Crippen MR) is 60.5 cm³/mol. The summed E-state index contributed by atoms with van der Waals surface area (Å²) in [5, 5.41) is 2.30. The van der Waals surface area contributed by atoms with Gasteiger partial charge in [0.1, 0.15) is 0 Å². The number of carbonyl (C=O) groups excluding carboxylic acids is 2. The van der Waals surface area contributed by atoms with Crippen LogP contribution >= 0.6 is 11.6 Å². The highest BCUT2D eigenvalue weighted by atomic mass is 35.5. The van der Waals surface area contributed by atoms with Crippen molar-refractivity contribution >= 4 is 23.5 Å². The fraction of sp³-hybridized carbons (Fsp3) is 0.800. The van der Waals surface area contributed by atoms with Crippen LogP contribution < -0.4 is 5.32 Å². The number of nitrogens with zero attached hydrogens (tertiary/aromatic N) is 1. The number of morpholine rings is 1. The van der Waals surface area contributed by atoms with Crippen LogP contribution in [0.5, 0.6) is 0 Å². The molecule has 3 amide bonds. The zero-order valence-corrected chi connectivity index (χ0v) is 10.3. The van der Waals surface area contributed by atoms with Crippen LogP contribution in [0.2, 0.25) is 0 Å². The van der Waals surface area contributed by atoms with E-state index in [0.717, 1.165) is 0 Å². The number of hydrogen-bond donors (Lipinski definition) is 1. The highest BCUT2D eigenvalue weighted by Gasteiger charge is 2.30. The van der Waals surface area contributed by atoms with Crippen LogP contribution in [0, 0.1) is 0 Å². The quantitative estimate of drug-likeness (QED) is 0.741. The monoisotopic (exact) mass is 248 g/mol.